The minimum atomic E-state index is -0.490. The summed E-state index contributed by atoms with van der Waals surface area (Å²) in [6.45, 7) is 8.73. The van der Waals surface area contributed by atoms with Gasteiger partial charge in [-0.15, -0.1) is 0 Å². The van der Waals surface area contributed by atoms with E-state index in [9.17, 15) is 5.11 Å². The van der Waals surface area contributed by atoms with E-state index in [1.807, 2.05) is 13.8 Å². The zero-order valence-corrected chi connectivity index (χ0v) is 12.9. The van der Waals surface area contributed by atoms with Gasteiger partial charge in [0.25, 0.3) is 0 Å². The van der Waals surface area contributed by atoms with Gasteiger partial charge in [-0.3, -0.25) is 0 Å². The second kappa shape index (κ2) is 12.8. The van der Waals surface area contributed by atoms with Crippen LogP contribution in [-0.4, -0.2) is 63.4 Å². The van der Waals surface area contributed by atoms with Crippen LogP contribution in [0.5, 0.6) is 0 Å². The van der Waals surface area contributed by atoms with Crippen molar-refractivity contribution in [1.29, 1.82) is 0 Å². The summed E-state index contributed by atoms with van der Waals surface area (Å²) in [4.78, 5) is 0. The highest BCUT2D eigenvalue weighted by molar-refractivity contribution is 4.68. The van der Waals surface area contributed by atoms with E-state index >= 15 is 0 Å². The third-order valence-corrected chi connectivity index (χ3v) is 2.64. The highest BCUT2D eigenvalue weighted by atomic mass is 16.5. The molecule has 0 aliphatic carbocycles. The summed E-state index contributed by atoms with van der Waals surface area (Å²) in [5.74, 6) is 0. The molecule has 5 heteroatoms. The second-order valence-corrected chi connectivity index (χ2v) is 5.00. The summed E-state index contributed by atoms with van der Waals surface area (Å²) < 4.78 is 15.8. The van der Waals surface area contributed by atoms with Crippen molar-refractivity contribution >= 4 is 0 Å². The maximum atomic E-state index is 9.77. The lowest BCUT2D eigenvalue weighted by atomic mass is 10.2. The first kappa shape index (κ1) is 18.8. The fraction of sp³-hybridized carbons (Fsp3) is 1.00. The maximum absolute atomic E-state index is 9.77. The van der Waals surface area contributed by atoms with Gasteiger partial charge in [0.05, 0.1) is 38.6 Å². The molecule has 0 saturated heterocycles. The lowest BCUT2D eigenvalue weighted by Crippen LogP contribution is -2.40. The Kier molecular flexibility index (Phi) is 12.7. The predicted molar refractivity (Wildman–Crippen MR) is 76.5 cm³/mol. The Morgan fingerprint density at radius 3 is 2.47 bits per heavy atom. The molecule has 0 aliphatic rings. The molecule has 0 radical (unpaired) electrons. The van der Waals surface area contributed by atoms with Gasteiger partial charge in [-0.1, -0.05) is 13.3 Å². The molecule has 19 heavy (non-hydrogen) atoms. The fourth-order valence-corrected chi connectivity index (χ4v) is 1.72. The molecular weight excluding hydrogens is 246 g/mol. The standard InChI is InChI=1S/C14H31NO4/c1-5-6-13(10-17-4)15-9-14(16)11-18-7-8-19-12(2)3/h12-16H,5-11H2,1-4H3. The summed E-state index contributed by atoms with van der Waals surface area (Å²) in [5, 5.41) is 13.1. The van der Waals surface area contributed by atoms with Crippen molar-refractivity contribution in [2.75, 3.05) is 40.1 Å². The molecule has 0 heterocycles. The lowest BCUT2D eigenvalue weighted by molar-refractivity contribution is -0.0111. The lowest BCUT2D eigenvalue weighted by Gasteiger charge is -2.19. The zero-order valence-electron chi connectivity index (χ0n) is 12.9. The molecule has 2 N–H and O–H groups in total. The second-order valence-electron chi connectivity index (χ2n) is 5.00. The fourth-order valence-electron chi connectivity index (χ4n) is 1.72. The van der Waals surface area contributed by atoms with E-state index in [0.717, 1.165) is 12.8 Å². The van der Waals surface area contributed by atoms with Crippen LogP contribution in [0.4, 0.5) is 0 Å². The highest BCUT2D eigenvalue weighted by Gasteiger charge is 2.10. The molecule has 0 aromatic carbocycles. The van der Waals surface area contributed by atoms with Crippen LogP contribution in [0.25, 0.3) is 0 Å². The van der Waals surface area contributed by atoms with Crippen molar-refractivity contribution in [2.24, 2.45) is 0 Å². The molecule has 0 fully saturated rings. The molecule has 5 nitrogen and oxygen atoms in total. The Morgan fingerprint density at radius 1 is 1.16 bits per heavy atom. The van der Waals surface area contributed by atoms with Gasteiger partial charge < -0.3 is 24.6 Å². The van der Waals surface area contributed by atoms with Crippen LogP contribution in [0.15, 0.2) is 0 Å². The normalized spacial score (nSPS) is 14.8. The van der Waals surface area contributed by atoms with Gasteiger partial charge in [-0.05, 0) is 20.3 Å². The summed E-state index contributed by atoms with van der Waals surface area (Å²) in [6.07, 6.45) is 1.87. The topological polar surface area (TPSA) is 60.0 Å². The Hall–Kier alpha value is -0.200. The predicted octanol–water partition coefficient (Wildman–Crippen LogP) is 1.19. The smallest absolute Gasteiger partial charge is 0.0897 e. The van der Waals surface area contributed by atoms with Crippen molar-refractivity contribution in [3.63, 3.8) is 0 Å². The largest absolute Gasteiger partial charge is 0.389 e. The molecule has 2 atom stereocenters. The quantitative estimate of drug-likeness (QED) is 0.495. The molecule has 0 aromatic heterocycles. The third-order valence-electron chi connectivity index (χ3n) is 2.64. The van der Waals surface area contributed by atoms with Gasteiger partial charge in [-0.25, -0.2) is 0 Å². The number of aliphatic hydroxyl groups excluding tert-OH is 1. The first-order valence-corrected chi connectivity index (χ1v) is 7.19. The van der Waals surface area contributed by atoms with Crippen molar-refractivity contribution in [3.8, 4) is 0 Å². The Morgan fingerprint density at radius 2 is 1.89 bits per heavy atom. The van der Waals surface area contributed by atoms with Crippen LogP contribution in [0.1, 0.15) is 33.6 Å². The summed E-state index contributed by atoms with van der Waals surface area (Å²) in [6, 6.07) is 0.300. The van der Waals surface area contributed by atoms with E-state index in [2.05, 4.69) is 12.2 Å². The number of methoxy groups -OCH3 is 1. The molecule has 0 aromatic rings. The minimum absolute atomic E-state index is 0.221. The number of nitrogens with one attached hydrogen (secondary N) is 1. The number of rotatable bonds is 13. The van der Waals surface area contributed by atoms with Crippen LogP contribution < -0.4 is 5.32 Å². The van der Waals surface area contributed by atoms with Crippen LogP contribution in [0.3, 0.4) is 0 Å². The van der Waals surface area contributed by atoms with E-state index in [-0.39, 0.29) is 6.10 Å². The summed E-state index contributed by atoms with van der Waals surface area (Å²) in [7, 11) is 1.69. The molecule has 0 spiro atoms. The van der Waals surface area contributed by atoms with Gasteiger partial charge in [0.2, 0.25) is 0 Å². The van der Waals surface area contributed by atoms with Crippen molar-refractivity contribution < 1.29 is 19.3 Å². The van der Waals surface area contributed by atoms with Crippen molar-refractivity contribution in [3.05, 3.63) is 0 Å². The van der Waals surface area contributed by atoms with Gasteiger partial charge >= 0.3 is 0 Å². The molecule has 116 valence electrons. The minimum Gasteiger partial charge on any atom is -0.389 e. The number of hydrogen-bond acceptors (Lipinski definition) is 5. The monoisotopic (exact) mass is 277 g/mol. The Bertz CT molecular complexity index is 184. The Balaban J connectivity index is 3.53. The molecule has 0 amide bonds. The van der Waals surface area contributed by atoms with Crippen molar-refractivity contribution in [2.45, 2.75) is 51.9 Å². The van der Waals surface area contributed by atoms with Crippen molar-refractivity contribution in [1.82, 2.24) is 5.32 Å². The zero-order chi connectivity index (χ0) is 14.5. The van der Waals surface area contributed by atoms with E-state index in [1.165, 1.54) is 0 Å². The average molecular weight is 277 g/mol. The number of aliphatic hydroxyl groups is 1. The van der Waals surface area contributed by atoms with Crippen LogP contribution in [-0.2, 0) is 14.2 Å². The van der Waals surface area contributed by atoms with Crippen LogP contribution in [0.2, 0.25) is 0 Å². The average Bonchev–Trinajstić information content (AvgIpc) is 2.35. The third kappa shape index (κ3) is 12.6. The van der Waals surface area contributed by atoms with E-state index in [4.69, 9.17) is 14.2 Å². The van der Waals surface area contributed by atoms with Crippen LogP contribution in [0, 0.1) is 0 Å². The summed E-state index contributed by atoms with van der Waals surface area (Å²) in [5.41, 5.74) is 0. The first-order chi connectivity index (χ1) is 9.10. The molecule has 0 aliphatic heterocycles. The highest BCUT2D eigenvalue weighted by Crippen LogP contribution is 1.97. The van der Waals surface area contributed by atoms with Gasteiger partial charge in [0.1, 0.15) is 0 Å². The maximum Gasteiger partial charge on any atom is 0.0897 e. The Labute approximate surface area is 117 Å². The molecule has 0 saturated carbocycles. The number of hydrogen-bond donors (Lipinski definition) is 2. The van der Waals surface area contributed by atoms with E-state index in [0.29, 0.717) is 39.0 Å². The SMILES string of the molecule is CCCC(COC)NCC(O)COCCOC(C)C. The van der Waals surface area contributed by atoms with Gasteiger partial charge in [0.15, 0.2) is 0 Å². The van der Waals surface area contributed by atoms with Crippen LogP contribution >= 0.6 is 0 Å². The van der Waals surface area contributed by atoms with E-state index in [1.54, 1.807) is 7.11 Å². The van der Waals surface area contributed by atoms with E-state index < -0.39 is 6.10 Å². The van der Waals surface area contributed by atoms with Gasteiger partial charge in [-0.2, -0.15) is 0 Å². The molecule has 2 unspecified atom stereocenters. The molecular formula is C14H31NO4. The first-order valence-electron chi connectivity index (χ1n) is 7.19. The van der Waals surface area contributed by atoms with Gasteiger partial charge in [0, 0.05) is 19.7 Å². The molecule has 0 bridgehead atoms. The molecule has 0 rings (SSSR count). The summed E-state index contributed by atoms with van der Waals surface area (Å²) >= 11 is 0. The number of ether oxygens (including phenoxy) is 3.